The molecular weight excluding hydrogens is 1280 g/mol. The van der Waals surface area contributed by atoms with E-state index < -0.39 is 97.5 Å². The summed E-state index contributed by atoms with van der Waals surface area (Å²) >= 11 is 0. The Morgan fingerprint density at radius 2 is 0.510 bits per heavy atom. The Kier molecular flexibility index (Phi) is 69.3. The van der Waals surface area contributed by atoms with E-state index in [2.05, 4.69) is 88.5 Å². The molecule has 0 fully saturated rings. The van der Waals surface area contributed by atoms with Gasteiger partial charge in [-0.1, -0.05) is 280 Å². The van der Waals surface area contributed by atoms with Gasteiger partial charge in [-0.25, -0.2) is 9.13 Å². The van der Waals surface area contributed by atoms with E-state index in [0.29, 0.717) is 32.1 Å². The largest absolute Gasteiger partial charge is 0.472 e. The first-order valence-corrected chi connectivity index (χ1v) is 42.2. The molecule has 0 rings (SSSR count). The zero-order valence-electron chi connectivity index (χ0n) is 62.2. The number of phosphoric ester groups is 2. The number of phosphoric acid groups is 2. The Bertz CT molecular complexity index is 2140. The summed E-state index contributed by atoms with van der Waals surface area (Å²) in [5.41, 5.74) is 0. The number of aliphatic hydroxyl groups is 1. The molecule has 0 bridgehead atoms. The molecule has 5 atom stereocenters. The van der Waals surface area contributed by atoms with Crippen LogP contribution in [0.25, 0.3) is 0 Å². The van der Waals surface area contributed by atoms with Crippen LogP contribution in [0.15, 0.2) is 72.9 Å². The first-order chi connectivity index (χ1) is 47.7. The van der Waals surface area contributed by atoms with E-state index in [9.17, 15) is 43.2 Å². The lowest BCUT2D eigenvalue weighted by Gasteiger charge is -2.21. The molecule has 0 aromatic carbocycles. The molecule has 0 spiro atoms. The van der Waals surface area contributed by atoms with Crippen LogP contribution >= 0.6 is 15.6 Å². The lowest BCUT2D eigenvalue weighted by atomic mass is 10.0. The maximum Gasteiger partial charge on any atom is 0.472 e. The molecule has 0 heterocycles. The van der Waals surface area contributed by atoms with E-state index >= 15 is 0 Å². The van der Waals surface area contributed by atoms with Gasteiger partial charge >= 0.3 is 39.5 Å². The Hall–Kier alpha value is -3.50. The van der Waals surface area contributed by atoms with E-state index in [1.54, 1.807) is 0 Å². The van der Waals surface area contributed by atoms with Gasteiger partial charge in [0.25, 0.3) is 0 Å². The number of hydrogen-bond acceptors (Lipinski definition) is 15. The SMILES string of the molecule is CCCCC/C=C\C/C=C\C/C=C\C/C=C\CCCC(=O)O[C@H](COC(=O)CCCCCCC/C=C\CCCCCCCC)COP(=O)(O)OCC(O)COP(=O)(O)OC[C@@H](COC(=O)CCCCCCCCCCCCCCC)OC(=O)CCCCCCC/C=C\CCCCCC. The quantitative estimate of drug-likeness (QED) is 0.0169. The topological polar surface area (TPSA) is 237 Å². The van der Waals surface area contributed by atoms with E-state index in [4.69, 9.17) is 37.0 Å². The van der Waals surface area contributed by atoms with Crippen molar-refractivity contribution >= 4 is 39.5 Å². The average Bonchev–Trinajstić information content (AvgIpc) is 1.02. The van der Waals surface area contributed by atoms with Gasteiger partial charge in [0.15, 0.2) is 12.2 Å². The predicted molar refractivity (Wildman–Crippen MR) is 400 cm³/mol. The van der Waals surface area contributed by atoms with Gasteiger partial charge in [-0.05, 0) is 116 Å². The Balaban J connectivity index is 5.39. The number of allylic oxidation sites excluding steroid dienone is 12. The fraction of sp³-hybridized carbons (Fsp3) is 0.797. The number of esters is 4. The number of aliphatic hydroxyl groups excluding tert-OH is 1. The molecule has 0 saturated heterocycles. The van der Waals surface area contributed by atoms with Gasteiger partial charge < -0.3 is 33.8 Å². The minimum Gasteiger partial charge on any atom is -0.462 e. The van der Waals surface area contributed by atoms with Crippen LogP contribution in [-0.2, 0) is 65.4 Å². The van der Waals surface area contributed by atoms with Crippen molar-refractivity contribution in [1.82, 2.24) is 0 Å². The number of rotatable bonds is 74. The van der Waals surface area contributed by atoms with E-state index in [1.807, 2.05) is 12.2 Å². The van der Waals surface area contributed by atoms with Gasteiger partial charge in [-0.2, -0.15) is 0 Å². The number of carbonyl (C=O) groups excluding carboxylic acids is 4. The van der Waals surface area contributed by atoms with Crippen molar-refractivity contribution in [3.63, 3.8) is 0 Å². The summed E-state index contributed by atoms with van der Waals surface area (Å²) in [4.78, 5) is 72.8. The number of carbonyl (C=O) groups is 4. The molecule has 3 unspecified atom stereocenters. The lowest BCUT2D eigenvalue weighted by Crippen LogP contribution is -2.30. The first kappa shape index (κ1) is 94.5. The van der Waals surface area contributed by atoms with Crippen LogP contribution in [0.3, 0.4) is 0 Å². The third-order valence-electron chi connectivity index (χ3n) is 16.6. The van der Waals surface area contributed by atoms with E-state index in [-0.39, 0.29) is 25.7 Å². The molecule has 0 radical (unpaired) electrons. The minimum absolute atomic E-state index is 0.0201. The predicted octanol–water partition coefficient (Wildman–Crippen LogP) is 22.4. The van der Waals surface area contributed by atoms with Gasteiger partial charge in [-0.3, -0.25) is 37.3 Å². The summed E-state index contributed by atoms with van der Waals surface area (Å²) in [6, 6.07) is 0. The highest BCUT2D eigenvalue weighted by atomic mass is 31.2. The van der Waals surface area contributed by atoms with Crippen LogP contribution in [0, 0.1) is 0 Å². The highest BCUT2D eigenvalue weighted by Crippen LogP contribution is 2.45. The summed E-state index contributed by atoms with van der Waals surface area (Å²) in [5, 5.41) is 10.6. The normalized spacial score (nSPS) is 14.3. The van der Waals surface area contributed by atoms with Crippen LogP contribution in [0.1, 0.15) is 349 Å². The Morgan fingerprint density at radius 3 is 0.847 bits per heavy atom. The molecule has 3 N–H and O–H groups in total. The molecule has 0 saturated carbocycles. The van der Waals surface area contributed by atoms with E-state index in [1.165, 1.54) is 141 Å². The molecule has 0 aromatic rings. The maximum atomic E-state index is 13.1. The summed E-state index contributed by atoms with van der Waals surface area (Å²) in [6.07, 6.45) is 71.8. The van der Waals surface area contributed by atoms with Gasteiger partial charge in [0.1, 0.15) is 19.3 Å². The van der Waals surface area contributed by atoms with Crippen molar-refractivity contribution < 1.29 is 80.2 Å². The molecule has 0 aliphatic heterocycles. The summed E-state index contributed by atoms with van der Waals surface area (Å²) < 4.78 is 68.4. The van der Waals surface area contributed by atoms with Crippen molar-refractivity contribution in [2.24, 2.45) is 0 Å². The zero-order chi connectivity index (χ0) is 71.8. The second-order valence-corrected chi connectivity index (χ2v) is 29.2. The van der Waals surface area contributed by atoms with Crippen LogP contribution in [-0.4, -0.2) is 96.7 Å². The molecule has 570 valence electrons. The smallest absolute Gasteiger partial charge is 0.462 e. The highest BCUT2D eigenvalue weighted by molar-refractivity contribution is 7.47. The van der Waals surface area contributed by atoms with Gasteiger partial charge in [0.05, 0.1) is 26.4 Å². The molecule has 17 nitrogen and oxygen atoms in total. The number of hydrogen-bond donors (Lipinski definition) is 3. The molecule has 0 aromatic heterocycles. The summed E-state index contributed by atoms with van der Waals surface area (Å²) in [6.45, 7) is 4.79. The third-order valence-corrected chi connectivity index (χ3v) is 18.5. The summed E-state index contributed by atoms with van der Waals surface area (Å²) in [7, 11) is -9.96. The molecular formula is C79H142O17P2. The Labute approximate surface area is 596 Å². The maximum absolute atomic E-state index is 13.1. The van der Waals surface area contributed by atoms with Crippen molar-refractivity contribution in [2.45, 2.75) is 367 Å². The van der Waals surface area contributed by atoms with Crippen molar-refractivity contribution in [1.29, 1.82) is 0 Å². The van der Waals surface area contributed by atoms with Gasteiger partial charge in [-0.15, -0.1) is 0 Å². The van der Waals surface area contributed by atoms with Crippen molar-refractivity contribution in [2.75, 3.05) is 39.6 Å². The summed E-state index contributed by atoms with van der Waals surface area (Å²) in [5.74, 6) is -2.23. The Morgan fingerprint density at radius 1 is 0.286 bits per heavy atom. The highest BCUT2D eigenvalue weighted by Gasteiger charge is 2.30. The van der Waals surface area contributed by atoms with Crippen LogP contribution < -0.4 is 0 Å². The standard InChI is InChI=1S/C79H142O17P2/c1-5-9-13-17-21-25-29-33-35-36-38-42-46-50-54-58-62-66-79(84)96-75(70-90-77(82)64-60-56-52-48-44-41-37-34-30-26-22-18-14-10-6-2)72-94-98(87,88)92-68-73(80)67-91-97(85,86)93-71-74(95-78(83)65-61-57-53-49-45-40-32-28-24-20-16-12-8-4)69-89-76(81)63-59-55-51-47-43-39-31-27-23-19-15-11-7-3/h21,25,28,32-35,37-38,42,50,54,73-75,80H,5-20,22-24,26-27,29-31,36,39-41,43-49,51-53,55-72H2,1-4H3,(H,85,86)(H,87,88)/b25-21-,32-28-,35-33-,37-34-,42-38-,54-50-/t73?,74-,75-/m1/s1. The van der Waals surface area contributed by atoms with Crippen molar-refractivity contribution in [3.05, 3.63) is 72.9 Å². The fourth-order valence-electron chi connectivity index (χ4n) is 10.6. The molecule has 0 aliphatic carbocycles. The zero-order valence-corrected chi connectivity index (χ0v) is 64.0. The first-order valence-electron chi connectivity index (χ1n) is 39.2. The van der Waals surface area contributed by atoms with E-state index in [0.717, 1.165) is 122 Å². The average molecular weight is 1430 g/mol. The number of ether oxygens (including phenoxy) is 4. The van der Waals surface area contributed by atoms with Crippen molar-refractivity contribution in [3.8, 4) is 0 Å². The lowest BCUT2D eigenvalue weighted by molar-refractivity contribution is -0.161. The second-order valence-electron chi connectivity index (χ2n) is 26.3. The molecule has 0 amide bonds. The van der Waals surface area contributed by atoms with Gasteiger partial charge in [0.2, 0.25) is 0 Å². The number of unbranched alkanes of at least 4 members (excludes halogenated alkanes) is 36. The van der Waals surface area contributed by atoms with Crippen LogP contribution in [0.4, 0.5) is 0 Å². The minimum atomic E-state index is -4.99. The molecule has 19 heteroatoms. The fourth-order valence-corrected chi connectivity index (χ4v) is 12.2. The molecule has 0 aliphatic rings. The molecule has 98 heavy (non-hydrogen) atoms. The third kappa shape index (κ3) is 70.9. The van der Waals surface area contributed by atoms with Crippen LogP contribution in [0.2, 0.25) is 0 Å². The van der Waals surface area contributed by atoms with Crippen LogP contribution in [0.5, 0.6) is 0 Å². The van der Waals surface area contributed by atoms with Gasteiger partial charge in [0, 0.05) is 25.7 Å². The second kappa shape index (κ2) is 71.9. The monoisotopic (exact) mass is 1420 g/mol.